The highest BCUT2D eigenvalue weighted by molar-refractivity contribution is 7.84. The third-order valence-corrected chi connectivity index (χ3v) is 10.9. The summed E-state index contributed by atoms with van der Waals surface area (Å²) in [5.74, 6) is -0.405. The van der Waals surface area contributed by atoms with E-state index >= 15 is 0 Å². The van der Waals surface area contributed by atoms with Crippen LogP contribution in [0.2, 0.25) is 25.7 Å². The van der Waals surface area contributed by atoms with E-state index in [1.807, 2.05) is 25.3 Å². The fourth-order valence-electron chi connectivity index (χ4n) is 5.07. The summed E-state index contributed by atoms with van der Waals surface area (Å²) in [5, 5.41) is 10.3. The van der Waals surface area contributed by atoms with Gasteiger partial charge in [0.05, 0.1) is 46.9 Å². The van der Waals surface area contributed by atoms with Crippen LogP contribution in [0.3, 0.4) is 0 Å². The number of unbranched alkanes of at least 4 members (excludes halogenated alkanes) is 2. The van der Waals surface area contributed by atoms with Crippen molar-refractivity contribution in [1.29, 1.82) is 5.26 Å². The van der Waals surface area contributed by atoms with Gasteiger partial charge in [-0.3, -0.25) is 0 Å². The second kappa shape index (κ2) is 15.2. The number of nitrogens with zero attached hydrogens (tertiary/aromatic N) is 4. The van der Waals surface area contributed by atoms with Gasteiger partial charge in [0.25, 0.3) is 5.89 Å². The van der Waals surface area contributed by atoms with Crippen LogP contribution in [0.5, 0.6) is 0 Å². The van der Waals surface area contributed by atoms with E-state index in [1.54, 1.807) is 18.3 Å². The lowest BCUT2D eigenvalue weighted by atomic mass is 10.0. The lowest BCUT2D eigenvalue weighted by Gasteiger charge is -2.26. The summed E-state index contributed by atoms with van der Waals surface area (Å²) in [6, 6.07) is 8.82. The number of aromatic nitrogens is 3. The number of imidazole rings is 1. The third-order valence-electron chi connectivity index (χ3n) is 7.58. The lowest BCUT2D eigenvalue weighted by molar-refractivity contribution is -0.187. The molecule has 3 heterocycles. The average molecular weight is 660 g/mol. The minimum absolute atomic E-state index is 0.162. The van der Waals surface area contributed by atoms with Crippen LogP contribution in [0.4, 0.5) is 4.39 Å². The number of halogens is 1. The standard InChI is InChI=1S/C32H46FN5O5SSi/c1-31(2,3)44(39)37-26(10-8-7-9-15-32(42-18-19-43-32)30-35-16-17-41-30)28-27(22-34)36-29(24-11-13-25(33)14-12-24)38(28)23-40-20-21-45(4,5)6/h11-14,16-17,26,37H,7-10,15,18-21,23H2,1-6H3/t26-,44+/m0/s1. The van der Waals surface area contributed by atoms with Gasteiger partial charge in [0, 0.05) is 26.7 Å². The Balaban J connectivity index is 1.59. The predicted molar refractivity (Wildman–Crippen MR) is 173 cm³/mol. The largest absolute Gasteiger partial charge is 0.444 e. The molecule has 1 N–H and O–H groups in total. The molecule has 1 saturated heterocycles. The summed E-state index contributed by atoms with van der Waals surface area (Å²) in [7, 11) is -2.77. The Morgan fingerprint density at radius 2 is 1.89 bits per heavy atom. The number of hydrogen-bond acceptors (Lipinski definition) is 8. The van der Waals surface area contributed by atoms with E-state index in [-0.39, 0.29) is 18.2 Å². The Morgan fingerprint density at radius 3 is 2.49 bits per heavy atom. The molecule has 0 saturated carbocycles. The van der Waals surface area contributed by atoms with E-state index in [0.717, 1.165) is 25.3 Å². The Hall–Kier alpha value is -2.73. The van der Waals surface area contributed by atoms with E-state index in [9.17, 15) is 13.9 Å². The predicted octanol–water partition coefficient (Wildman–Crippen LogP) is 6.80. The van der Waals surface area contributed by atoms with Gasteiger partial charge in [-0.1, -0.05) is 32.5 Å². The van der Waals surface area contributed by atoms with E-state index in [2.05, 4.69) is 35.4 Å². The second-order valence-electron chi connectivity index (χ2n) is 13.5. The number of nitriles is 1. The van der Waals surface area contributed by atoms with Crippen LogP contribution >= 0.6 is 0 Å². The first kappa shape index (κ1) is 35.1. The first-order chi connectivity index (χ1) is 21.3. The topological polar surface area (TPSA) is 124 Å². The van der Waals surface area contributed by atoms with Crippen LogP contribution in [0.1, 0.15) is 76.2 Å². The molecular weight excluding hydrogens is 614 g/mol. The van der Waals surface area contributed by atoms with Crippen molar-refractivity contribution >= 4 is 19.1 Å². The van der Waals surface area contributed by atoms with Gasteiger partial charge in [0.15, 0.2) is 5.69 Å². The first-order valence-corrected chi connectivity index (χ1v) is 20.4. The van der Waals surface area contributed by atoms with E-state index in [1.165, 1.54) is 18.4 Å². The van der Waals surface area contributed by atoms with E-state index in [4.69, 9.17) is 23.6 Å². The quantitative estimate of drug-likeness (QED) is 0.131. The molecule has 45 heavy (non-hydrogen) atoms. The normalized spacial score (nSPS) is 16.5. The van der Waals surface area contributed by atoms with Crippen molar-refractivity contribution in [3.8, 4) is 17.5 Å². The molecule has 13 heteroatoms. The zero-order chi connectivity index (χ0) is 32.7. The zero-order valence-corrected chi connectivity index (χ0v) is 29.0. The molecule has 1 aromatic carbocycles. The first-order valence-electron chi connectivity index (χ1n) is 15.5. The van der Waals surface area contributed by atoms with Gasteiger partial charge < -0.3 is 23.2 Å². The monoisotopic (exact) mass is 659 g/mol. The van der Waals surface area contributed by atoms with Gasteiger partial charge in [0.2, 0.25) is 5.79 Å². The SMILES string of the molecule is CC(C)(C)[S@@](=O)N[C@@H](CCCCCC1(c2ncco2)OCCO1)c1c(C#N)nc(-c2ccc(F)cc2)n1COCC[Si](C)(C)C. The minimum Gasteiger partial charge on any atom is -0.444 e. The molecule has 3 aromatic rings. The van der Waals surface area contributed by atoms with Gasteiger partial charge in [0.1, 0.15) is 30.7 Å². The van der Waals surface area contributed by atoms with Crippen molar-refractivity contribution < 1.29 is 27.2 Å². The lowest BCUT2D eigenvalue weighted by Crippen LogP contribution is -2.37. The molecule has 10 nitrogen and oxygen atoms in total. The Morgan fingerprint density at radius 1 is 1.18 bits per heavy atom. The van der Waals surface area contributed by atoms with Crippen LogP contribution in [0, 0.1) is 17.1 Å². The molecule has 0 aliphatic carbocycles. The highest BCUT2D eigenvalue weighted by Gasteiger charge is 2.42. The van der Waals surface area contributed by atoms with Crippen molar-refractivity contribution in [1.82, 2.24) is 19.3 Å². The molecule has 1 aliphatic rings. The van der Waals surface area contributed by atoms with Gasteiger partial charge >= 0.3 is 0 Å². The van der Waals surface area contributed by atoms with E-state index in [0.29, 0.717) is 55.6 Å². The van der Waals surface area contributed by atoms with Crippen LogP contribution in [0.25, 0.3) is 11.4 Å². The third kappa shape index (κ3) is 9.40. The van der Waals surface area contributed by atoms with Crippen LogP contribution in [0.15, 0.2) is 41.1 Å². The van der Waals surface area contributed by atoms with Gasteiger partial charge in [-0.15, -0.1) is 0 Å². The maximum Gasteiger partial charge on any atom is 0.255 e. The van der Waals surface area contributed by atoms with Crippen molar-refractivity contribution in [3.05, 3.63) is 59.8 Å². The molecule has 0 spiro atoms. The zero-order valence-electron chi connectivity index (χ0n) is 27.2. The molecule has 0 bridgehead atoms. The molecule has 2 aromatic heterocycles. The molecule has 4 rings (SSSR count). The van der Waals surface area contributed by atoms with E-state index < -0.39 is 35.6 Å². The molecule has 0 unspecified atom stereocenters. The average Bonchev–Trinajstić information content (AvgIpc) is 3.75. The number of hydrogen-bond donors (Lipinski definition) is 1. The van der Waals surface area contributed by atoms with Crippen molar-refractivity contribution in [3.63, 3.8) is 0 Å². The minimum atomic E-state index is -1.43. The number of oxazole rings is 1. The van der Waals surface area contributed by atoms with Gasteiger partial charge in [-0.2, -0.15) is 5.26 Å². The van der Waals surface area contributed by atoms with Crippen molar-refractivity contribution in [2.75, 3.05) is 19.8 Å². The second-order valence-corrected chi connectivity index (χ2v) is 21.1. The number of benzene rings is 1. The molecule has 2 atom stereocenters. The molecule has 0 radical (unpaired) electrons. The van der Waals surface area contributed by atoms with Gasteiger partial charge in [-0.25, -0.2) is 23.3 Å². The molecule has 0 amide bonds. The molecule has 246 valence electrons. The van der Waals surface area contributed by atoms with Crippen molar-refractivity contribution in [2.24, 2.45) is 0 Å². The number of rotatable bonds is 16. The molecule has 1 aliphatic heterocycles. The highest BCUT2D eigenvalue weighted by Crippen LogP contribution is 2.36. The van der Waals surface area contributed by atoms with Crippen LogP contribution in [-0.2, 0) is 37.7 Å². The number of nitrogens with one attached hydrogen (secondary N) is 1. The maximum atomic E-state index is 13.8. The summed E-state index contributed by atoms with van der Waals surface area (Å²) < 4.78 is 55.5. The summed E-state index contributed by atoms with van der Waals surface area (Å²) in [6.07, 6.45) is 6.64. The van der Waals surface area contributed by atoms with Crippen molar-refractivity contribution in [2.45, 2.75) is 102 Å². The summed E-state index contributed by atoms with van der Waals surface area (Å²) >= 11 is 0. The highest BCUT2D eigenvalue weighted by atomic mass is 32.2. The summed E-state index contributed by atoms with van der Waals surface area (Å²) in [6.45, 7) is 14.3. The number of ether oxygens (including phenoxy) is 3. The van der Waals surface area contributed by atoms with Gasteiger partial charge in [-0.05, 0) is 63.9 Å². The maximum absolute atomic E-state index is 13.8. The van der Waals surface area contributed by atoms with Crippen LogP contribution in [-0.4, -0.2) is 51.4 Å². The fraction of sp³-hybridized carbons (Fsp3) is 0.594. The smallest absolute Gasteiger partial charge is 0.255 e. The summed E-state index contributed by atoms with van der Waals surface area (Å²) in [5.41, 5.74) is 1.50. The summed E-state index contributed by atoms with van der Waals surface area (Å²) in [4.78, 5) is 8.97. The molecular formula is C32H46FN5O5SSi. The fourth-order valence-corrected chi connectivity index (χ4v) is 6.66. The molecule has 1 fully saturated rings. The Labute approximate surface area is 269 Å². The Bertz CT molecular complexity index is 1440. The Kier molecular flexibility index (Phi) is 11.9. The van der Waals surface area contributed by atoms with Crippen LogP contribution < -0.4 is 4.72 Å².